The van der Waals surface area contributed by atoms with Crippen molar-refractivity contribution >= 4 is 0 Å². The number of aryl methyl sites for hydroxylation is 1. The quantitative estimate of drug-likeness (QED) is 0.804. The smallest absolute Gasteiger partial charge is 0.122 e. The Balaban J connectivity index is 1.55. The molecule has 1 aromatic carbocycles. The molecule has 0 bridgehead atoms. The first-order chi connectivity index (χ1) is 11.8. The molecule has 1 aliphatic heterocycles. The summed E-state index contributed by atoms with van der Waals surface area (Å²) in [7, 11) is 0. The van der Waals surface area contributed by atoms with Crippen LogP contribution >= 0.6 is 0 Å². The van der Waals surface area contributed by atoms with E-state index in [0.717, 1.165) is 35.7 Å². The van der Waals surface area contributed by atoms with Crippen LogP contribution < -0.4 is 4.74 Å². The number of hydrogen-bond donors (Lipinski definition) is 0. The van der Waals surface area contributed by atoms with Gasteiger partial charge in [-0.05, 0) is 74.7 Å². The average molecular weight is 320 g/mol. The fraction of sp³-hybridized carbons (Fsp3) is 0.381. The highest BCUT2D eigenvalue weighted by molar-refractivity contribution is 5.45. The Bertz CT molecular complexity index is 710. The molecule has 0 N–H and O–H groups in total. The Hall–Kier alpha value is -2.31. The molecule has 0 radical (unpaired) electrons. The van der Waals surface area contributed by atoms with Crippen molar-refractivity contribution in [2.24, 2.45) is 0 Å². The van der Waals surface area contributed by atoms with Gasteiger partial charge in [-0.3, -0.25) is 4.90 Å². The molecule has 0 spiro atoms. The van der Waals surface area contributed by atoms with Gasteiger partial charge in [0.2, 0.25) is 0 Å². The normalized spacial score (nSPS) is 14.7. The molecule has 1 aromatic heterocycles. The highest BCUT2D eigenvalue weighted by Crippen LogP contribution is 2.19. The Morgan fingerprint density at radius 3 is 2.71 bits per heavy atom. The Morgan fingerprint density at radius 2 is 1.96 bits per heavy atom. The molecule has 0 amide bonds. The Kier molecular flexibility index (Phi) is 5.87. The molecule has 1 saturated heterocycles. The van der Waals surface area contributed by atoms with E-state index in [1.165, 1.54) is 32.4 Å². The Morgan fingerprint density at radius 1 is 1.08 bits per heavy atom. The number of benzene rings is 1. The molecule has 2 heterocycles. The van der Waals surface area contributed by atoms with Crippen molar-refractivity contribution in [2.75, 3.05) is 26.2 Å². The minimum Gasteiger partial charge on any atom is -0.492 e. The second-order valence-corrected chi connectivity index (χ2v) is 6.20. The summed E-state index contributed by atoms with van der Waals surface area (Å²) in [6, 6.07) is 11.9. The molecule has 24 heavy (non-hydrogen) atoms. The van der Waals surface area contributed by atoms with Crippen LogP contribution in [0.25, 0.3) is 0 Å². The van der Waals surface area contributed by atoms with E-state index in [-0.39, 0.29) is 0 Å². The van der Waals surface area contributed by atoms with E-state index in [1.807, 2.05) is 30.3 Å². The summed E-state index contributed by atoms with van der Waals surface area (Å²) in [5, 5.41) is 0. The molecule has 0 aliphatic carbocycles. The van der Waals surface area contributed by atoms with E-state index in [4.69, 9.17) is 4.74 Å². The largest absolute Gasteiger partial charge is 0.492 e. The van der Waals surface area contributed by atoms with Gasteiger partial charge >= 0.3 is 0 Å². The van der Waals surface area contributed by atoms with Crippen LogP contribution in [0.15, 0.2) is 42.6 Å². The van der Waals surface area contributed by atoms with Gasteiger partial charge in [-0.25, -0.2) is 4.98 Å². The number of likely N-dealkylation sites (tertiary alicyclic amines) is 1. The number of hydrogen-bond acceptors (Lipinski definition) is 3. The molecule has 3 nitrogen and oxygen atoms in total. The summed E-state index contributed by atoms with van der Waals surface area (Å²) in [5.41, 5.74) is 2.90. The maximum absolute atomic E-state index is 5.96. The molecule has 1 aliphatic rings. The van der Waals surface area contributed by atoms with E-state index in [1.54, 1.807) is 6.20 Å². The molecule has 3 heteroatoms. The fourth-order valence-corrected chi connectivity index (χ4v) is 2.93. The van der Waals surface area contributed by atoms with Crippen LogP contribution in [-0.4, -0.2) is 36.1 Å². The predicted octanol–water partition coefficient (Wildman–Crippen LogP) is 3.65. The number of pyridine rings is 1. The molecule has 124 valence electrons. The van der Waals surface area contributed by atoms with Crippen molar-refractivity contribution in [1.29, 1.82) is 0 Å². The highest BCUT2D eigenvalue weighted by Gasteiger charge is 2.09. The van der Waals surface area contributed by atoms with Gasteiger partial charge in [0.1, 0.15) is 18.1 Å². The zero-order chi connectivity index (χ0) is 16.6. The molecule has 0 atom stereocenters. The molecular weight excluding hydrogens is 296 g/mol. The van der Waals surface area contributed by atoms with Crippen LogP contribution in [-0.2, 0) is 0 Å². The first-order valence-corrected chi connectivity index (χ1v) is 8.70. The van der Waals surface area contributed by atoms with E-state index >= 15 is 0 Å². The van der Waals surface area contributed by atoms with Crippen molar-refractivity contribution in [3.8, 4) is 17.6 Å². The van der Waals surface area contributed by atoms with Crippen molar-refractivity contribution in [2.45, 2.75) is 26.2 Å². The summed E-state index contributed by atoms with van der Waals surface area (Å²) in [6.45, 7) is 6.26. The van der Waals surface area contributed by atoms with Crippen molar-refractivity contribution < 1.29 is 4.74 Å². The lowest BCUT2D eigenvalue weighted by molar-refractivity contribution is 0.183. The minimum absolute atomic E-state index is 0.750. The van der Waals surface area contributed by atoms with E-state index in [0.29, 0.717) is 0 Å². The number of nitrogens with zero attached hydrogens (tertiary/aromatic N) is 2. The third kappa shape index (κ3) is 4.84. The molecule has 1 fully saturated rings. The summed E-state index contributed by atoms with van der Waals surface area (Å²) in [5.74, 6) is 7.20. The topological polar surface area (TPSA) is 25.4 Å². The van der Waals surface area contributed by atoms with Crippen LogP contribution in [0.4, 0.5) is 0 Å². The van der Waals surface area contributed by atoms with Gasteiger partial charge in [0.05, 0.1) is 0 Å². The summed E-state index contributed by atoms with van der Waals surface area (Å²) in [6.07, 6.45) is 5.78. The third-order valence-electron chi connectivity index (χ3n) is 4.29. The minimum atomic E-state index is 0.750. The number of piperidine rings is 1. The van der Waals surface area contributed by atoms with Gasteiger partial charge in [0.25, 0.3) is 0 Å². The number of ether oxygens (including phenoxy) is 1. The summed E-state index contributed by atoms with van der Waals surface area (Å²) >= 11 is 0. The lowest BCUT2D eigenvalue weighted by Crippen LogP contribution is -2.33. The van der Waals surface area contributed by atoms with Crippen LogP contribution in [0.2, 0.25) is 0 Å². The average Bonchev–Trinajstić information content (AvgIpc) is 2.63. The fourth-order valence-electron chi connectivity index (χ4n) is 2.93. The van der Waals surface area contributed by atoms with E-state index < -0.39 is 0 Å². The van der Waals surface area contributed by atoms with Crippen molar-refractivity contribution in [3.63, 3.8) is 0 Å². The summed E-state index contributed by atoms with van der Waals surface area (Å²) in [4.78, 5) is 6.71. The van der Waals surface area contributed by atoms with Crippen molar-refractivity contribution in [1.82, 2.24) is 9.88 Å². The zero-order valence-electron chi connectivity index (χ0n) is 14.3. The highest BCUT2D eigenvalue weighted by atomic mass is 16.5. The van der Waals surface area contributed by atoms with Gasteiger partial charge < -0.3 is 4.74 Å². The molecule has 0 saturated carbocycles. The van der Waals surface area contributed by atoms with Crippen molar-refractivity contribution in [3.05, 3.63) is 59.4 Å². The SMILES string of the molecule is Cc1cc(C#Cc2ccccn2)ccc1OCCN1CCCCC1. The second kappa shape index (κ2) is 8.52. The lowest BCUT2D eigenvalue weighted by atomic mass is 10.1. The van der Waals surface area contributed by atoms with Crippen LogP contribution in [0.1, 0.15) is 36.1 Å². The monoisotopic (exact) mass is 320 g/mol. The Labute approximate surface area is 144 Å². The number of aromatic nitrogens is 1. The lowest BCUT2D eigenvalue weighted by Gasteiger charge is -2.26. The van der Waals surface area contributed by atoms with Crippen LogP contribution in [0.3, 0.4) is 0 Å². The van der Waals surface area contributed by atoms with Crippen LogP contribution in [0, 0.1) is 18.8 Å². The van der Waals surface area contributed by atoms with Gasteiger partial charge in [0, 0.05) is 18.3 Å². The van der Waals surface area contributed by atoms with E-state index in [2.05, 4.69) is 34.7 Å². The van der Waals surface area contributed by atoms with Gasteiger partial charge in [-0.2, -0.15) is 0 Å². The maximum Gasteiger partial charge on any atom is 0.122 e. The molecular formula is C21H24N2O. The first-order valence-electron chi connectivity index (χ1n) is 8.70. The maximum atomic E-state index is 5.96. The predicted molar refractivity (Wildman–Crippen MR) is 97.2 cm³/mol. The van der Waals surface area contributed by atoms with Gasteiger partial charge in [-0.15, -0.1) is 0 Å². The second-order valence-electron chi connectivity index (χ2n) is 6.20. The third-order valence-corrected chi connectivity index (χ3v) is 4.29. The standard InChI is InChI=1S/C21H24N2O/c1-18-17-19(8-10-20-7-3-4-12-22-20)9-11-21(18)24-16-15-23-13-5-2-6-14-23/h3-4,7,9,11-12,17H,2,5-6,13-16H2,1H3. The molecule has 3 rings (SSSR count). The van der Waals surface area contributed by atoms with Gasteiger partial charge in [0.15, 0.2) is 0 Å². The zero-order valence-corrected chi connectivity index (χ0v) is 14.3. The van der Waals surface area contributed by atoms with Crippen LogP contribution in [0.5, 0.6) is 5.75 Å². The summed E-state index contributed by atoms with van der Waals surface area (Å²) < 4.78 is 5.96. The molecule has 0 unspecified atom stereocenters. The number of rotatable bonds is 4. The molecule has 2 aromatic rings. The van der Waals surface area contributed by atoms with E-state index in [9.17, 15) is 0 Å². The first kappa shape index (κ1) is 16.5. The van der Waals surface area contributed by atoms with Gasteiger partial charge in [-0.1, -0.05) is 18.4 Å².